The van der Waals surface area contributed by atoms with E-state index in [0.29, 0.717) is 0 Å². The maximum atomic E-state index is 12.1. The van der Waals surface area contributed by atoms with E-state index in [1.807, 2.05) is 49.1 Å². The molecule has 0 saturated carbocycles. The zero-order chi connectivity index (χ0) is 12.7. The summed E-state index contributed by atoms with van der Waals surface area (Å²) in [5.41, 5.74) is 0.958. The molecule has 1 rings (SSSR count). The molecule has 94 valence electrons. The van der Waals surface area contributed by atoms with Gasteiger partial charge in [-0.2, -0.15) is 0 Å². The summed E-state index contributed by atoms with van der Waals surface area (Å²) in [5, 5.41) is 2.94. The standard InChI is InChI=1S/C14H22N2O/c1-4-5-11-16(14(17)15-12(2)3)13-9-7-6-8-10-13/h6-10,12H,4-5,11H2,1-3H3,(H,15,17). The third-order valence-electron chi connectivity index (χ3n) is 2.46. The third-order valence-corrected chi connectivity index (χ3v) is 2.46. The minimum Gasteiger partial charge on any atom is -0.336 e. The largest absolute Gasteiger partial charge is 0.336 e. The first kappa shape index (κ1) is 13.6. The lowest BCUT2D eigenvalue weighted by Gasteiger charge is -2.24. The molecular formula is C14H22N2O. The molecule has 0 aromatic heterocycles. The van der Waals surface area contributed by atoms with Crippen LogP contribution >= 0.6 is 0 Å². The maximum absolute atomic E-state index is 12.1. The minimum atomic E-state index is -0.0142. The molecule has 0 aliphatic carbocycles. The number of urea groups is 1. The summed E-state index contributed by atoms with van der Waals surface area (Å²) in [6.45, 7) is 6.84. The molecule has 0 unspecified atom stereocenters. The average Bonchev–Trinajstić information content (AvgIpc) is 2.30. The molecule has 0 aliphatic heterocycles. The number of hydrogen-bond acceptors (Lipinski definition) is 1. The Kier molecular flexibility index (Phi) is 5.53. The smallest absolute Gasteiger partial charge is 0.322 e. The molecule has 0 heterocycles. The second-order valence-corrected chi connectivity index (χ2v) is 4.44. The van der Waals surface area contributed by atoms with Crippen molar-refractivity contribution in [3.05, 3.63) is 30.3 Å². The van der Waals surface area contributed by atoms with Crippen LogP contribution in [0, 0.1) is 0 Å². The van der Waals surface area contributed by atoms with Gasteiger partial charge in [-0.1, -0.05) is 31.5 Å². The lowest BCUT2D eigenvalue weighted by molar-refractivity contribution is 0.244. The number of amides is 2. The Bertz CT molecular complexity index is 335. The van der Waals surface area contributed by atoms with Crippen LogP contribution < -0.4 is 10.2 Å². The van der Waals surface area contributed by atoms with E-state index in [1.54, 1.807) is 0 Å². The van der Waals surface area contributed by atoms with Gasteiger partial charge in [-0.15, -0.1) is 0 Å². The summed E-state index contributed by atoms with van der Waals surface area (Å²) >= 11 is 0. The lowest BCUT2D eigenvalue weighted by Crippen LogP contribution is -2.43. The van der Waals surface area contributed by atoms with E-state index in [1.165, 1.54) is 0 Å². The zero-order valence-corrected chi connectivity index (χ0v) is 10.9. The van der Waals surface area contributed by atoms with Crippen molar-refractivity contribution in [1.29, 1.82) is 0 Å². The van der Waals surface area contributed by atoms with Crippen LogP contribution in [0.1, 0.15) is 33.6 Å². The Morgan fingerprint density at radius 2 is 1.94 bits per heavy atom. The van der Waals surface area contributed by atoms with Crippen molar-refractivity contribution in [2.45, 2.75) is 39.7 Å². The van der Waals surface area contributed by atoms with Crippen LogP contribution in [-0.4, -0.2) is 18.6 Å². The first-order valence-corrected chi connectivity index (χ1v) is 6.28. The fourth-order valence-corrected chi connectivity index (χ4v) is 1.60. The van der Waals surface area contributed by atoms with E-state index in [9.17, 15) is 4.79 Å². The van der Waals surface area contributed by atoms with E-state index < -0.39 is 0 Å². The predicted octanol–water partition coefficient (Wildman–Crippen LogP) is 3.41. The Morgan fingerprint density at radius 3 is 2.47 bits per heavy atom. The van der Waals surface area contributed by atoms with Gasteiger partial charge in [0.1, 0.15) is 0 Å². The van der Waals surface area contributed by atoms with Gasteiger partial charge in [-0.3, -0.25) is 4.90 Å². The van der Waals surface area contributed by atoms with Gasteiger partial charge in [0.15, 0.2) is 0 Å². The van der Waals surface area contributed by atoms with Crippen LogP contribution in [0.4, 0.5) is 10.5 Å². The lowest BCUT2D eigenvalue weighted by atomic mass is 10.2. The van der Waals surface area contributed by atoms with E-state index in [0.717, 1.165) is 25.1 Å². The highest BCUT2D eigenvalue weighted by molar-refractivity contribution is 5.92. The maximum Gasteiger partial charge on any atom is 0.322 e. The highest BCUT2D eigenvalue weighted by Gasteiger charge is 2.15. The number of rotatable bonds is 5. The summed E-state index contributed by atoms with van der Waals surface area (Å²) in [5.74, 6) is 0. The van der Waals surface area contributed by atoms with Crippen LogP contribution in [-0.2, 0) is 0 Å². The summed E-state index contributed by atoms with van der Waals surface area (Å²) < 4.78 is 0. The summed E-state index contributed by atoms with van der Waals surface area (Å²) in [6.07, 6.45) is 2.10. The van der Waals surface area contributed by atoms with Gasteiger partial charge < -0.3 is 5.32 Å². The van der Waals surface area contributed by atoms with Gasteiger partial charge in [-0.25, -0.2) is 4.79 Å². The highest BCUT2D eigenvalue weighted by Crippen LogP contribution is 2.14. The minimum absolute atomic E-state index is 0.0142. The second kappa shape index (κ2) is 6.94. The molecular weight excluding hydrogens is 212 g/mol. The molecule has 0 bridgehead atoms. The van der Waals surface area contributed by atoms with Crippen molar-refractivity contribution < 1.29 is 4.79 Å². The van der Waals surface area contributed by atoms with Gasteiger partial charge in [0.05, 0.1) is 0 Å². The Morgan fingerprint density at radius 1 is 1.29 bits per heavy atom. The van der Waals surface area contributed by atoms with Crippen molar-refractivity contribution in [2.75, 3.05) is 11.4 Å². The summed E-state index contributed by atoms with van der Waals surface area (Å²) in [4.78, 5) is 13.9. The first-order chi connectivity index (χ1) is 8.15. The number of unbranched alkanes of at least 4 members (excludes halogenated alkanes) is 1. The Balaban J connectivity index is 2.76. The number of nitrogens with zero attached hydrogens (tertiary/aromatic N) is 1. The van der Waals surface area contributed by atoms with Gasteiger partial charge >= 0.3 is 6.03 Å². The molecule has 0 fully saturated rings. The monoisotopic (exact) mass is 234 g/mol. The van der Waals surface area contributed by atoms with E-state index >= 15 is 0 Å². The zero-order valence-electron chi connectivity index (χ0n) is 10.9. The molecule has 1 aromatic rings. The number of carbonyl (C=O) groups is 1. The Labute approximate surface area is 104 Å². The number of anilines is 1. The quantitative estimate of drug-likeness (QED) is 0.832. The van der Waals surface area contributed by atoms with Gasteiger partial charge in [-0.05, 0) is 32.4 Å². The molecule has 0 spiro atoms. The molecule has 0 radical (unpaired) electrons. The predicted molar refractivity (Wildman–Crippen MR) is 72.4 cm³/mol. The van der Waals surface area contributed by atoms with Crippen molar-refractivity contribution in [2.24, 2.45) is 0 Å². The molecule has 2 amide bonds. The van der Waals surface area contributed by atoms with Gasteiger partial charge in [0, 0.05) is 18.3 Å². The van der Waals surface area contributed by atoms with Gasteiger partial charge in [0.25, 0.3) is 0 Å². The number of para-hydroxylation sites is 1. The molecule has 17 heavy (non-hydrogen) atoms. The van der Waals surface area contributed by atoms with Crippen LogP contribution in [0.3, 0.4) is 0 Å². The van der Waals surface area contributed by atoms with Crippen LogP contribution in [0.5, 0.6) is 0 Å². The van der Waals surface area contributed by atoms with Crippen molar-refractivity contribution in [3.63, 3.8) is 0 Å². The van der Waals surface area contributed by atoms with Crippen molar-refractivity contribution in [1.82, 2.24) is 5.32 Å². The molecule has 0 atom stereocenters. The fourth-order valence-electron chi connectivity index (χ4n) is 1.60. The van der Waals surface area contributed by atoms with E-state index in [2.05, 4.69) is 12.2 Å². The van der Waals surface area contributed by atoms with Gasteiger partial charge in [0.2, 0.25) is 0 Å². The SMILES string of the molecule is CCCCN(C(=O)NC(C)C)c1ccccc1. The second-order valence-electron chi connectivity index (χ2n) is 4.44. The van der Waals surface area contributed by atoms with Crippen molar-refractivity contribution >= 4 is 11.7 Å². The summed E-state index contributed by atoms with van der Waals surface area (Å²) in [7, 11) is 0. The van der Waals surface area contributed by atoms with Crippen molar-refractivity contribution in [3.8, 4) is 0 Å². The summed E-state index contributed by atoms with van der Waals surface area (Å²) in [6, 6.07) is 9.95. The normalized spacial score (nSPS) is 10.4. The molecule has 3 nitrogen and oxygen atoms in total. The fraction of sp³-hybridized carbons (Fsp3) is 0.500. The molecule has 1 aromatic carbocycles. The van der Waals surface area contributed by atoms with E-state index in [-0.39, 0.29) is 12.1 Å². The molecule has 1 N–H and O–H groups in total. The van der Waals surface area contributed by atoms with Crippen LogP contribution in [0.25, 0.3) is 0 Å². The third kappa shape index (κ3) is 4.47. The first-order valence-electron chi connectivity index (χ1n) is 6.28. The number of carbonyl (C=O) groups excluding carboxylic acids is 1. The van der Waals surface area contributed by atoms with Crippen LogP contribution in [0.2, 0.25) is 0 Å². The average molecular weight is 234 g/mol. The van der Waals surface area contributed by atoms with E-state index in [4.69, 9.17) is 0 Å². The number of hydrogen-bond donors (Lipinski definition) is 1. The number of nitrogens with one attached hydrogen (secondary N) is 1. The van der Waals surface area contributed by atoms with Crippen LogP contribution in [0.15, 0.2) is 30.3 Å². The molecule has 0 saturated heterocycles. The Hall–Kier alpha value is -1.51. The molecule has 3 heteroatoms. The highest BCUT2D eigenvalue weighted by atomic mass is 16.2. The molecule has 0 aliphatic rings. The number of benzene rings is 1. The topological polar surface area (TPSA) is 32.3 Å².